The molecule has 0 aromatic heterocycles. The summed E-state index contributed by atoms with van der Waals surface area (Å²) in [5.41, 5.74) is -0.710. The lowest BCUT2D eigenvalue weighted by Gasteiger charge is -2.31. The first-order chi connectivity index (χ1) is 12.5. The van der Waals surface area contributed by atoms with Crippen molar-refractivity contribution in [3.63, 3.8) is 0 Å². The van der Waals surface area contributed by atoms with Gasteiger partial charge in [-0.3, -0.25) is 4.79 Å². The van der Waals surface area contributed by atoms with Gasteiger partial charge in [-0.15, -0.1) is 0 Å². The fourth-order valence-corrected chi connectivity index (χ4v) is 5.40. The first kappa shape index (κ1) is 17.8. The monoisotopic (exact) mass is 380 g/mol. The van der Waals surface area contributed by atoms with Gasteiger partial charge < -0.3 is 14.4 Å². The van der Waals surface area contributed by atoms with Gasteiger partial charge in [-0.1, -0.05) is 12.1 Å². The van der Waals surface area contributed by atoms with Crippen LogP contribution in [0.3, 0.4) is 0 Å². The molecule has 1 saturated carbocycles. The molecular formula is C18H24N2O5S. The average molecular weight is 380 g/mol. The minimum Gasteiger partial charge on any atom is -0.483 e. The van der Waals surface area contributed by atoms with Crippen LogP contribution in [0.5, 0.6) is 5.75 Å². The lowest BCUT2D eigenvalue weighted by Crippen LogP contribution is -2.50. The zero-order valence-electron chi connectivity index (χ0n) is 14.9. The second kappa shape index (κ2) is 6.51. The van der Waals surface area contributed by atoms with Crippen molar-refractivity contribution in [3.8, 4) is 5.75 Å². The summed E-state index contributed by atoms with van der Waals surface area (Å²) in [5, 5.41) is 0. The molecule has 1 amide bonds. The van der Waals surface area contributed by atoms with Gasteiger partial charge in [0.25, 0.3) is 0 Å². The summed E-state index contributed by atoms with van der Waals surface area (Å²) in [6.07, 6.45) is 2.54. The molecule has 7 nitrogen and oxygen atoms in total. The number of sulfonamides is 1. The number of carbonyl (C=O) groups is 1. The fourth-order valence-electron chi connectivity index (χ4n) is 3.78. The largest absolute Gasteiger partial charge is 0.483 e. The Hall–Kier alpha value is -1.64. The van der Waals surface area contributed by atoms with Crippen LogP contribution in [-0.2, 0) is 19.6 Å². The second-order valence-corrected chi connectivity index (χ2v) is 9.25. The molecule has 0 unspecified atom stereocenters. The third-order valence-electron chi connectivity index (χ3n) is 5.36. The number of fused-ring (bicyclic) bond motifs is 1. The van der Waals surface area contributed by atoms with E-state index in [1.807, 2.05) is 4.90 Å². The quantitative estimate of drug-likeness (QED) is 0.782. The highest BCUT2D eigenvalue weighted by atomic mass is 32.2. The summed E-state index contributed by atoms with van der Waals surface area (Å²) in [5.74, 6) is 0.694. The standard InChI is InChI=1S/C18H24N2O5S/c1-24-11-10-20-13-18(8-9-19(12-18)17(21)14-6-7-14)25-15-4-2-3-5-16(15)26(20,22)23/h2-5,14H,6-13H2,1H3/t18-/m0/s1. The number of likely N-dealkylation sites (tertiary alicyclic amines) is 1. The molecule has 0 radical (unpaired) electrons. The number of rotatable bonds is 4. The lowest BCUT2D eigenvalue weighted by molar-refractivity contribution is -0.132. The van der Waals surface area contributed by atoms with E-state index >= 15 is 0 Å². The van der Waals surface area contributed by atoms with E-state index in [1.54, 1.807) is 31.4 Å². The van der Waals surface area contributed by atoms with Crippen LogP contribution >= 0.6 is 0 Å². The van der Waals surface area contributed by atoms with E-state index in [0.717, 1.165) is 12.8 Å². The van der Waals surface area contributed by atoms with Crippen LogP contribution in [0, 0.1) is 5.92 Å². The minimum absolute atomic E-state index is 0.150. The van der Waals surface area contributed by atoms with E-state index in [9.17, 15) is 13.2 Å². The Labute approximate surface area is 153 Å². The van der Waals surface area contributed by atoms with Gasteiger partial charge in [-0.05, 0) is 25.0 Å². The van der Waals surface area contributed by atoms with Crippen LogP contribution < -0.4 is 4.74 Å². The van der Waals surface area contributed by atoms with Crippen molar-refractivity contribution >= 4 is 15.9 Å². The molecule has 1 spiro atoms. The van der Waals surface area contributed by atoms with Crippen molar-refractivity contribution in [3.05, 3.63) is 24.3 Å². The highest BCUT2D eigenvalue weighted by Crippen LogP contribution is 2.40. The predicted molar refractivity (Wildman–Crippen MR) is 94.4 cm³/mol. The zero-order chi connectivity index (χ0) is 18.4. The van der Waals surface area contributed by atoms with Crippen LogP contribution in [0.25, 0.3) is 0 Å². The number of nitrogens with zero attached hydrogens (tertiary/aromatic N) is 2. The average Bonchev–Trinajstić information content (AvgIpc) is 3.40. The Morgan fingerprint density at radius 3 is 2.81 bits per heavy atom. The summed E-state index contributed by atoms with van der Waals surface area (Å²) in [4.78, 5) is 14.5. The van der Waals surface area contributed by atoms with Crippen LogP contribution in [0.1, 0.15) is 19.3 Å². The van der Waals surface area contributed by atoms with Crippen molar-refractivity contribution in [1.29, 1.82) is 0 Å². The van der Waals surface area contributed by atoms with Crippen molar-refractivity contribution in [2.75, 3.05) is 39.9 Å². The highest BCUT2D eigenvalue weighted by Gasteiger charge is 2.50. The second-order valence-electron chi connectivity index (χ2n) is 7.35. The van der Waals surface area contributed by atoms with Crippen LogP contribution in [0.4, 0.5) is 0 Å². The summed E-state index contributed by atoms with van der Waals surface area (Å²) < 4.78 is 39.0. The van der Waals surface area contributed by atoms with Gasteiger partial charge in [0.15, 0.2) is 0 Å². The Morgan fingerprint density at radius 2 is 2.08 bits per heavy atom. The summed E-state index contributed by atoms with van der Waals surface area (Å²) >= 11 is 0. The van der Waals surface area contributed by atoms with Crippen molar-refractivity contribution in [1.82, 2.24) is 9.21 Å². The maximum absolute atomic E-state index is 13.1. The van der Waals surface area contributed by atoms with Crippen LogP contribution in [0.2, 0.25) is 0 Å². The Bertz CT molecular complexity index is 808. The van der Waals surface area contributed by atoms with Gasteiger partial charge in [0.2, 0.25) is 15.9 Å². The van der Waals surface area contributed by atoms with Crippen LogP contribution in [0.15, 0.2) is 29.2 Å². The SMILES string of the molecule is COCCN1C[C@@]2(CCN(C(=O)C3CC3)C2)Oc2ccccc2S1(=O)=O. The first-order valence-corrected chi connectivity index (χ1v) is 10.5. The number of para-hydroxylation sites is 1. The molecule has 0 N–H and O–H groups in total. The van der Waals surface area contributed by atoms with Gasteiger partial charge in [-0.2, -0.15) is 4.31 Å². The van der Waals surface area contributed by atoms with E-state index in [4.69, 9.17) is 9.47 Å². The topological polar surface area (TPSA) is 76.2 Å². The van der Waals surface area contributed by atoms with E-state index in [2.05, 4.69) is 0 Å². The molecule has 2 heterocycles. The molecule has 1 atom stereocenters. The van der Waals surface area contributed by atoms with E-state index in [0.29, 0.717) is 31.9 Å². The molecule has 26 heavy (non-hydrogen) atoms. The van der Waals surface area contributed by atoms with Gasteiger partial charge in [-0.25, -0.2) is 8.42 Å². The van der Waals surface area contributed by atoms with Gasteiger partial charge in [0, 0.05) is 32.5 Å². The molecule has 1 saturated heterocycles. The van der Waals surface area contributed by atoms with E-state index < -0.39 is 15.6 Å². The Balaban J connectivity index is 1.67. The fraction of sp³-hybridized carbons (Fsp3) is 0.611. The molecule has 1 aromatic rings. The summed E-state index contributed by atoms with van der Waals surface area (Å²) in [7, 11) is -2.12. The van der Waals surface area contributed by atoms with Gasteiger partial charge in [0.05, 0.1) is 19.7 Å². The molecule has 142 valence electrons. The molecular weight excluding hydrogens is 356 g/mol. The van der Waals surface area contributed by atoms with Gasteiger partial charge >= 0.3 is 0 Å². The molecule has 8 heteroatoms. The molecule has 0 bridgehead atoms. The molecule has 4 rings (SSSR count). The normalized spacial score (nSPS) is 27.8. The third kappa shape index (κ3) is 3.10. The molecule has 1 aliphatic carbocycles. The van der Waals surface area contributed by atoms with Gasteiger partial charge in [0.1, 0.15) is 16.2 Å². The third-order valence-corrected chi connectivity index (χ3v) is 7.24. The number of methoxy groups -OCH3 is 1. The number of amides is 1. The van der Waals surface area contributed by atoms with E-state index in [1.165, 1.54) is 4.31 Å². The minimum atomic E-state index is -3.67. The zero-order valence-corrected chi connectivity index (χ0v) is 15.7. The van der Waals surface area contributed by atoms with Crippen molar-refractivity contribution in [2.24, 2.45) is 5.92 Å². The molecule has 3 aliphatic rings. The van der Waals surface area contributed by atoms with Crippen LogP contribution in [-0.4, -0.2) is 69.0 Å². The molecule has 1 aromatic carbocycles. The number of carbonyl (C=O) groups excluding carboxylic acids is 1. The summed E-state index contributed by atoms with van der Waals surface area (Å²) in [6.45, 7) is 1.82. The number of hydrogen-bond acceptors (Lipinski definition) is 5. The highest BCUT2D eigenvalue weighted by molar-refractivity contribution is 7.89. The Kier molecular flexibility index (Phi) is 4.45. The van der Waals surface area contributed by atoms with Crippen molar-refractivity contribution in [2.45, 2.75) is 29.8 Å². The predicted octanol–water partition coefficient (Wildman–Crippen LogP) is 1.10. The van der Waals surface area contributed by atoms with E-state index in [-0.39, 0.29) is 29.8 Å². The Morgan fingerprint density at radius 1 is 1.31 bits per heavy atom. The number of hydrogen-bond donors (Lipinski definition) is 0. The molecule has 2 aliphatic heterocycles. The maximum Gasteiger partial charge on any atom is 0.246 e. The van der Waals surface area contributed by atoms with Crippen molar-refractivity contribution < 1.29 is 22.7 Å². The number of ether oxygens (including phenoxy) is 2. The smallest absolute Gasteiger partial charge is 0.246 e. The summed E-state index contributed by atoms with van der Waals surface area (Å²) in [6, 6.07) is 6.74. The molecule has 2 fully saturated rings. The number of benzene rings is 1. The first-order valence-electron chi connectivity index (χ1n) is 9.01. The maximum atomic E-state index is 13.1. The lowest BCUT2D eigenvalue weighted by atomic mass is 10.0.